The smallest absolute Gasteiger partial charge is 0.242 e. The summed E-state index contributed by atoms with van der Waals surface area (Å²) in [6, 6.07) is 10.4. The lowest BCUT2D eigenvalue weighted by Gasteiger charge is -2.36. The number of rotatable bonds is 6. The number of amides is 2. The molecule has 1 aromatic rings. The van der Waals surface area contributed by atoms with E-state index >= 15 is 0 Å². The first-order valence-corrected chi connectivity index (χ1v) is 9.20. The van der Waals surface area contributed by atoms with Crippen molar-refractivity contribution in [3.05, 3.63) is 35.9 Å². The standard InChI is InChI=1S/C20H28N2O3/c1-14(2)19(25)21-12-18(24)22-16-8-9-17(22)20(11-16,13-23)10-15-6-4-3-5-7-15/h3-7,14,16-17,23H,8-13H2,1-2H3,(H,21,25)/t16-,17+,20-/m0/s1. The third-order valence-electron chi connectivity index (χ3n) is 5.79. The Bertz CT molecular complexity index is 631. The number of carbonyl (C=O) groups excluding carboxylic acids is 2. The molecule has 0 aromatic heterocycles. The van der Waals surface area contributed by atoms with Crippen molar-refractivity contribution in [2.45, 2.75) is 51.6 Å². The fraction of sp³-hybridized carbons (Fsp3) is 0.600. The van der Waals surface area contributed by atoms with Gasteiger partial charge in [0.25, 0.3) is 0 Å². The lowest BCUT2D eigenvalue weighted by molar-refractivity contribution is -0.135. The van der Waals surface area contributed by atoms with Crippen LogP contribution in [0.15, 0.2) is 30.3 Å². The molecular formula is C20H28N2O3. The first-order chi connectivity index (χ1) is 12.0. The molecule has 3 rings (SSSR count). The van der Waals surface area contributed by atoms with Crippen molar-refractivity contribution >= 4 is 11.8 Å². The number of benzene rings is 1. The summed E-state index contributed by atoms with van der Waals surface area (Å²) in [5.41, 5.74) is 0.937. The lowest BCUT2D eigenvalue weighted by atomic mass is 9.70. The van der Waals surface area contributed by atoms with E-state index in [1.807, 2.05) is 36.9 Å². The predicted molar refractivity (Wildman–Crippen MR) is 95.8 cm³/mol. The zero-order valence-corrected chi connectivity index (χ0v) is 15.1. The number of hydrogen-bond donors (Lipinski definition) is 2. The van der Waals surface area contributed by atoms with Gasteiger partial charge in [0.05, 0.1) is 13.2 Å². The second kappa shape index (κ2) is 7.16. The van der Waals surface area contributed by atoms with Crippen LogP contribution in [-0.2, 0) is 16.0 Å². The molecule has 0 saturated carbocycles. The van der Waals surface area contributed by atoms with Crippen LogP contribution in [0.4, 0.5) is 0 Å². The van der Waals surface area contributed by atoms with Gasteiger partial charge in [0.15, 0.2) is 0 Å². The molecule has 1 aromatic carbocycles. The maximum Gasteiger partial charge on any atom is 0.242 e. The topological polar surface area (TPSA) is 69.6 Å². The molecule has 2 aliphatic heterocycles. The Labute approximate surface area is 149 Å². The zero-order chi connectivity index (χ0) is 18.0. The Hall–Kier alpha value is -1.88. The Kier molecular flexibility index (Phi) is 5.13. The van der Waals surface area contributed by atoms with Crippen LogP contribution in [0.25, 0.3) is 0 Å². The normalized spacial score (nSPS) is 27.8. The first-order valence-electron chi connectivity index (χ1n) is 9.20. The summed E-state index contributed by atoms with van der Waals surface area (Å²) in [5, 5.41) is 12.9. The number of nitrogens with one attached hydrogen (secondary N) is 1. The Morgan fingerprint density at radius 1 is 1.28 bits per heavy atom. The van der Waals surface area contributed by atoms with E-state index in [9.17, 15) is 14.7 Å². The van der Waals surface area contributed by atoms with E-state index in [2.05, 4.69) is 17.4 Å². The fourth-order valence-corrected chi connectivity index (χ4v) is 4.54. The summed E-state index contributed by atoms with van der Waals surface area (Å²) < 4.78 is 0. The van der Waals surface area contributed by atoms with Gasteiger partial charge in [-0.15, -0.1) is 0 Å². The van der Waals surface area contributed by atoms with Crippen LogP contribution in [0.5, 0.6) is 0 Å². The van der Waals surface area contributed by atoms with E-state index in [0.29, 0.717) is 0 Å². The minimum atomic E-state index is -0.262. The Balaban J connectivity index is 1.71. The Morgan fingerprint density at radius 2 is 2.00 bits per heavy atom. The number of aliphatic hydroxyl groups is 1. The molecule has 2 bridgehead atoms. The van der Waals surface area contributed by atoms with Crippen molar-refractivity contribution in [2.75, 3.05) is 13.2 Å². The highest BCUT2D eigenvalue weighted by Gasteiger charge is 2.56. The molecule has 5 heteroatoms. The molecule has 25 heavy (non-hydrogen) atoms. The predicted octanol–water partition coefficient (Wildman–Crippen LogP) is 1.74. The van der Waals surface area contributed by atoms with Crippen molar-refractivity contribution in [3.63, 3.8) is 0 Å². The lowest BCUT2D eigenvalue weighted by Crippen LogP contribution is -2.47. The molecule has 2 fully saturated rings. The van der Waals surface area contributed by atoms with Crippen molar-refractivity contribution in [2.24, 2.45) is 11.3 Å². The second-order valence-corrected chi connectivity index (χ2v) is 7.81. The van der Waals surface area contributed by atoms with Crippen LogP contribution in [0.3, 0.4) is 0 Å². The maximum absolute atomic E-state index is 12.7. The third-order valence-corrected chi connectivity index (χ3v) is 5.79. The van der Waals surface area contributed by atoms with E-state index in [1.54, 1.807) is 0 Å². The molecule has 0 spiro atoms. The van der Waals surface area contributed by atoms with Gasteiger partial charge in [-0.3, -0.25) is 9.59 Å². The van der Waals surface area contributed by atoms with E-state index in [1.165, 1.54) is 5.56 Å². The molecule has 2 heterocycles. The molecule has 2 aliphatic rings. The van der Waals surface area contributed by atoms with Gasteiger partial charge in [-0.1, -0.05) is 44.2 Å². The molecular weight excluding hydrogens is 316 g/mol. The molecule has 2 amide bonds. The summed E-state index contributed by atoms with van der Waals surface area (Å²) in [6.45, 7) is 3.77. The van der Waals surface area contributed by atoms with Crippen LogP contribution in [0.2, 0.25) is 0 Å². The quantitative estimate of drug-likeness (QED) is 0.826. The summed E-state index contributed by atoms with van der Waals surface area (Å²) in [6.07, 6.45) is 3.55. The molecule has 0 aliphatic carbocycles. The number of carbonyl (C=O) groups is 2. The number of hydrogen-bond acceptors (Lipinski definition) is 3. The minimum absolute atomic E-state index is 0.0233. The zero-order valence-electron chi connectivity index (χ0n) is 15.1. The number of nitrogens with zero attached hydrogens (tertiary/aromatic N) is 1. The van der Waals surface area contributed by atoms with Gasteiger partial charge in [0.2, 0.25) is 11.8 Å². The van der Waals surface area contributed by atoms with Crippen LogP contribution in [0, 0.1) is 11.3 Å². The van der Waals surface area contributed by atoms with Gasteiger partial charge in [0.1, 0.15) is 0 Å². The molecule has 0 radical (unpaired) electrons. The fourth-order valence-electron chi connectivity index (χ4n) is 4.54. The van der Waals surface area contributed by atoms with Crippen molar-refractivity contribution < 1.29 is 14.7 Å². The van der Waals surface area contributed by atoms with E-state index < -0.39 is 0 Å². The summed E-state index contributed by atoms with van der Waals surface area (Å²) in [7, 11) is 0. The van der Waals surface area contributed by atoms with Crippen LogP contribution in [-0.4, -0.2) is 47.1 Å². The Morgan fingerprint density at radius 3 is 2.64 bits per heavy atom. The second-order valence-electron chi connectivity index (χ2n) is 7.81. The monoisotopic (exact) mass is 344 g/mol. The highest BCUT2D eigenvalue weighted by molar-refractivity contribution is 5.86. The van der Waals surface area contributed by atoms with Crippen LogP contribution >= 0.6 is 0 Å². The summed E-state index contributed by atoms with van der Waals surface area (Å²) in [4.78, 5) is 26.4. The van der Waals surface area contributed by atoms with Gasteiger partial charge in [-0.05, 0) is 31.2 Å². The molecule has 3 atom stereocenters. The van der Waals surface area contributed by atoms with Gasteiger partial charge in [-0.2, -0.15) is 0 Å². The number of fused-ring (bicyclic) bond motifs is 2. The van der Waals surface area contributed by atoms with Gasteiger partial charge in [0, 0.05) is 23.4 Å². The van der Waals surface area contributed by atoms with Crippen molar-refractivity contribution in [1.82, 2.24) is 10.2 Å². The highest BCUT2D eigenvalue weighted by Crippen LogP contribution is 2.51. The van der Waals surface area contributed by atoms with E-state index in [0.717, 1.165) is 25.7 Å². The molecule has 136 valence electrons. The summed E-state index contributed by atoms with van der Waals surface area (Å²) >= 11 is 0. The van der Waals surface area contributed by atoms with Gasteiger partial charge in [-0.25, -0.2) is 0 Å². The largest absolute Gasteiger partial charge is 0.396 e. The van der Waals surface area contributed by atoms with Crippen molar-refractivity contribution in [3.8, 4) is 0 Å². The summed E-state index contributed by atoms with van der Waals surface area (Å²) in [5.74, 6) is -0.250. The average molecular weight is 344 g/mol. The molecule has 2 saturated heterocycles. The van der Waals surface area contributed by atoms with E-state index in [-0.39, 0.29) is 48.4 Å². The van der Waals surface area contributed by atoms with Gasteiger partial charge >= 0.3 is 0 Å². The molecule has 2 N–H and O–H groups in total. The van der Waals surface area contributed by atoms with Crippen molar-refractivity contribution in [1.29, 1.82) is 0 Å². The average Bonchev–Trinajstić information content (AvgIpc) is 3.16. The van der Waals surface area contributed by atoms with Crippen LogP contribution in [0.1, 0.15) is 38.7 Å². The van der Waals surface area contributed by atoms with E-state index in [4.69, 9.17) is 0 Å². The first kappa shape index (κ1) is 17.9. The number of aliphatic hydroxyl groups excluding tert-OH is 1. The SMILES string of the molecule is CC(C)C(=O)NCC(=O)N1[C@H]2CC[C@@H]1[C@@](CO)(Cc1ccccc1)C2. The van der Waals surface area contributed by atoms with Gasteiger partial charge < -0.3 is 15.3 Å². The third kappa shape index (κ3) is 3.43. The highest BCUT2D eigenvalue weighted by atomic mass is 16.3. The molecule has 0 unspecified atom stereocenters. The molecule has 5 nitrogen and oxygen atoms in total. The van der Waals surface area contributed by atoms with Crippen LogP contribution < -0.4 is 5.32 Å². The maximum atomic E-state index is 12.7. The minimum Gasteiger partial charge on any atom is -0.396 e.